The quantitative estimate of drug-likeness (QED) is 0.793. The van der Waals surface area contributed by atoms with Crippen molar-refractivity contribution in [3.8, 4) is 0 Å². The van der Waals surface area contributed by atoms with Gasteiger partial charge < -0.3 is 5.32 Å². The summed E-state index contributed by atoms with van der Waals surface area (Å²) in [5.41, 5.74) is 1.20. The van der Waals surface area contributed by atoms with Crippen LogP contribution < -0.4 is 10.6 Å². The first kappa shape index (κ1) is 15.7. The highest BCUT2D eigenvalue weighted by atomic mass is 16.2. The molecule has 0 aliphatic heterocycles. The molecule has 0 aliphatic carbocycles. The highest BCUT2D eigenvalue weighted by molar-refractivity contribution is 5.81. The van der Waals surface area contributed by atoms with Gasteiger partial charge in [0.2, 0.25) is 5.91 Å². The molecule has 3 heteroatoms. The Balaban J connectivity index is 2.37. The summed E-state index contributed by atoms with van der Waals surface area (Å²) in [6.07, 6.45) is 1.02. The Morgan fingerprint density at radius 1 is 1.11 bits per heavy atom. The molecule has 19 heavy (non-hydrogen) atoms. The van der Waals surface area contributed by atoms with Crippen LogP contribution in [-0.2, 0) is 4.79 Å². The average Bonchev–Trinajstić information content (AvgIpc) is 2.39. The van der Waals surface area contributed by atoms with Crippen LogP contribution in [0.1, 0.15) is 45.7 Å². The second kappa shape index (κ2) is 7.95. The predicted octanol–water partition coefficient (Wildman–Crippen LogP) is 2.89. The summed E-state index contributed by atoms with van der Waals surface area (Å²) in [7, 11) is 0. The molecule has 1 unspecified atom stereocenters. The maximum Gasteiger partial charge on any atom is 0.236 e. The van der Waals surface area contributed by atoms with Crippen LogP contribution in [0.25, 0.3) is 0 Å². The first-order chi connectivity index (χ1) is 9.00. The van der Waals surface area contributed by atoms with Gasteiger partial charge in [0, 0.05) is 12.6 Å². The van der Waals surface area contributed by atoms with Gasteiger partial charge in [-0.3, -0.25) is 10.1 Å². The molecule has 1 aromatic carbocycles. The summed E-state index contributed by atoms with van der Waals surface area (Å²) < 4.78 is 0. The van der Waals surface area contributed by atoms with Gasteiger partial charge in [-0.05, 0) is 31.7 Å². The highest BCUT2D eigenvalue weighted by Gasteiger charge is 2.15. The lowest BCUT2D eigenvalue weighted by molar-refractivity contribution is -0.122. The summed E-state index contributed by atoms with van der Waals surface area (Å²) in [5.74, 6) is 0.690. The molecule has 1 aromatic rings. The molecule has 1 rings (SSSR count). The van der Waals surface area contributed by atoms with Crippen LogP contribution in [0, 0.1) is 5.92 Å². The van der Waals surface area contributed by atoms with E-state index >= 15 is 0 Å². The van der Waals surface area contributed by atoms with Crippen molar-refractivity contribution >= 4 is 5.91 Å². The van der Waals surface area contributed by atoms with E-state index in [1.807, 2.05) is 25.1 Å². The maximum absolute atomic E-state index is 11.9. The zero-order chi connectivity index (χ0) is 14.3. The summed E-state index contributed by atoms with van der Waals surface area (Å²) in [6.45, 7) is 9.05. The fourth-order valence-electron chi connectivity index (χ4n) is 1.93. The minimum atomic E-state index is -0.178. The number of carbonyl (C=O) groups is 1. The highest BCUT2D eigenvalue weighted by Crippen LogP contribution is 2.11. The predicted molar refractivity (Wildman–Crippen MR) is 79.9 cm³/mol. The van der Waals surface area contributed by atoms with Crippen molar-refractivity contribution in [2.24, 2.45) is 5.92 Å². The number of carbonyl (C=O) groups excluding carboxylic acids is 1. The van der Waals surface area contributed by atoms with Crippen LogP contribution in [0.3, 0.4) is 0 Å². The standard InChI is InChI=1S/C16H26N2O/c1-12(2)10-11-17-16(19)14(4)18-13(3)15-8-6-5-7-9-15/h5-9,12-14,18H,10-11H2,1-4H3,(H,17,19)/t13-,14?/m1/s1. The molecule has 2 atom stereocenters. The summed E-state index contributed by atoms with van der Waals surface area (Å²) in [6, 6.07) is 10.2. The van der Waals surface area contributed by atoms with Crippen molar-refractivity contribution in [3.05, 3.63) is 35.9 Å². The van der Waals surface area contributed by atoms with Crippen molar-refractivity contribution in [2.75, 3.05) is 6.54 Å². The zero-order valence-corrected chi connectivity index (χ0v) is 12.4. The Labute approximate surface area is 116 Å². The third-order valence-corrected chi connectivity index (χ3v) is 3.21. The third kappa shape index (κ3) is 5.88. The van der Waals surface area contributed by atoms with Gasteiger partial charge in [-0.15, -0.1) is 0 Å². The van der Waals surface area contributed by atoms with Gasteiger partial charge >= 0.3 is 0 Å². The number of hydrogen-bond acceptors (Lipinski definition) is 2. The molecule has 0 bridgehead atoms. The van der Waals surface area contributed by atoms with E-state index in [0.717, 1.165) is 13.0 Å². The normalized spacial score (nSPS) is 14.2. The molecule has 1 amide bonds. The Morgan fingerprint density at radius 3 is 2.32 bits per heavy atom. The smallest absolute Gasteiger partial charge is 0.236 e. The van der Waals surface area contributed by atoms with E-state index in [4.69, 9.17) is 0 Å². The lowest BCUT2D eigenvalue weighted by Gasteiger charge is -2.20. The summed E-state index contributed by atoms with van der Waals surface area (Å²) in [4.78, 5) is 11.9. The van der Waals surface area contributed by atoms with E-state index in [1.165, 1.54) is 5.56 Å². The van der Waals surface area contributed by atoms with E-state index in [1.54, 1.807) is 0 Å². The van der Waals surface area contributed by atoms with Gasteiger partial charge in [0.25, 0.3) is 0 Å². The first-order valence-corrected chi connectivity index (χ1v) is 7.09. The maximum atomic E-state index is 11.9. The average molecular weight is 262 g/mol. The molecule has 0 radical (unpaired) electrons. The molecule has 0 fully saturated rings. The molecular formula is C16H26N2O. The Hall–Kier alpha value is -1.35. The number of amides is 1. The molecule has 106 valence electrons. The Bertz CT molecular complexity index is 376. The Morgan fingerprint density at radius 2 is 1.74 bits per heavy atom. The van der Waals surface area contributed by atoms with Crippen LogP contribution in [0.15, 0.2) is 30.3 Å². The molecular weight excluding hydrogens is 236 g/mol. The van der Waals surface area contributed by atoms with Crippen LogP contribution >= 0.6 is 0 Å². The number of rotatable bonds is 7. The fourth-order valence-corrected chi connectivity index (χ4v) is 1.93. The molecule has 0 aromatic heterocycles. The van der Waals surface area contributed by atoms with Crippen molar-refractivity contribution in [3.63, 3.8) is 0 Å². The van der Waals surface area contributed by atoms with Crippen molar-refractivity contribution in [2.45, 2.75) is 46.2 Å². The second-order valence-corrected chi connectivity index (χ2v) is 5.49. The first-order valence-electron chi connectivity index (χ1n) is 7.09. The van der Waals surface area contributed by atoms with Crippen molar-refractivity contribution in [1.82, 2.24) is 10.6 Å². The van der Waals surface area contributed by atoms with Crippen LogP contribution in [0.5, 0.6) is 0 Å². The van der Waals surface area contributed by atoms with Crippen LogP contribution in [-0.4, -0.2) is 18.5 Å². The SMILES string of the molecule is CC(C)CCNC(=O)C(C)N[C@H](C)c1ccccc1. The van der Waals surface area contributed by atoms with E-state index in [9.17, 15) is 4.79 Å². The van der Waals surface area contributed by atoms with E-state index in [2.05, 4.69) is 43.5 Å². The molecule has 0 heterocycles. The van der Waals surface area contributed by atoms with Gasteiger partial charge in [0.15, 0.2) is 0 Å². The molecule has 0 saturated carbocycles. The summed E-state index contributed by atoms with van der Waals surface area (Å²) >= 11 is 0. The lowest BCUT2D eigenvalue weighted by Crippen LogP contribution is -2.43. The lowest BCUT2D eigenvalue weighted by atomic mass is 10.1. The monoisotopic (exact) mass is 262 g/mol. The molecule has 2 N–H and O–H groups in total. The van der Waals surface area contributed by atoms with Crippen molar-refractivity contribution < 1.29 is 4.79 Å². The van der Waals surface area contributed by atoms with E-state index in [0.29, 0.717) is 5.92 Å². The van der Waals surface area contributed by atoms with Gasteiger partial charge in [-0.25, -0.2) is 0 Å². The molecule has 0 aliphatic rings. The topological polar surface area (TPSA) is 41.1 Å². The number of benzene rings is 1. The minimum Gasteiger partial charge on any atom is -0.355 e. The molecule has 3 nitrogen and oxygen atoms in total. The van der Waals surface area contributed by atoms with Crippen LogP contribution in [0.4, 0.5) is 0 Å². The van der Waals surface area contributed by atoms with Crippen LogP contribution in [0.2, 0.25) is 0 Å². The summed E-state index contributed by atoms with van der Waals surface area (Å²) in [5, 5.41) is 6.29. The fraction of sp³-hybridized carbons (Fsp3) is 0.562. The van der Waals surface area contributed by atoms with Gasteiger partial charge in [-0.2, -0.15) is 0 Å². The van der Waals surface area contributed by atoms with E-state index in [-0.39, 0.29) is 18.0 Å². The van der Waals surface area contributed by atoms with Gasteiger partial charge in [0.05, 0.1) is 6.04 Å². The number of nitrogens with one attached hydrogen (secondary N) is 2. The molecule has 0 saturated heterocycles. The molecule has 0 spiro atoms. The number of hydrogen-bond donors (Lipinski definition) is 2. The third-order valence-electron chi connectivity index (χ3n) is 3.21. The largest absolute Gasteiger partial charge is 0.355 e. The van der Waals surface area contributed by atoms with E-state index < -0.39 is 0 Å². The Kier molecular flexibility index (Phi) is 6.57. The van der Waals surface area contributed by atoms with Crippen molar-refractivity contribution in [1.29, 1.82) is 0 Å². The van der Waals surface area contributed by atoms with Gasteiger partial charge in [0.1, 0.15) is 0 Å². The second-order valence-electron chi connectivity index (χ2n) is 5.49. The van der Waals surface area contributed by atoms with Gasteiger partial charge in [-0.1, -0.05) is 44.2 Å². The zero-order valence-electron chi connectivity index (χ0n) is 12.4. The minimum absolute atomic E-state index is 0.0726.